The third-order valence-corrected chi connectivity index (χ3v) is 2.74. The Balaban J connectivity index is 2.21. The third kappa shape index (κ3) is 2.78. The second kappa shape index (κ2) is 5.60. The molecule has 1 aromatic rings. The summed E-state index contributed by atoms with van der Waals surface area (Å²) in [5.74, 6) is 0.185. The number of carbonyl (C=O) groups is 2. The minimum atomic E-state index is -0.474. The lowest BCUT2D eigenvalue weighted by molar-refractivity contribution is -0.141. The Morgan fingerprint density at radius 3 is 2.79 bits per heavy atom. The van der Waals surface area contributed by atoms with Gasteiger partial charge >= 0.3 is 5.97 Å². The van der Waals surface area contributed by atoms with E-state index in [0.29, 0.717) is 30.3 Å². The van der Waals surface area contributed by atoms with Crippen molar-refractivity contribution in [2.75, 3.05) is 33.9 Å². The molecular formula is C13H15NO5. The Bertz CT molecular complexity index is 500. The van der Waals surface area contributed by atoms with E-state index in [1.165, 1.54) is 19.1 Å². The van der Waals surface area contributed by atoms with E-state index in [9.17, 15) is 9.59 Å². The van der Waals surface area contributed by atoms with Crippen molar-refractivity contribution in [1.29, 1.82) is 0 Å². The lowest BCUT2D eigenvalue weighted by Crippen LogP contribution is -2.33. The Labute approximate surface area is 110 Å². The van der Waals surface area contributed by atoms with Crippen LogP contribution in [0.25, 0.3) is 0 Å². The number of nitrogens with zero attached hydrogens (tertiary/aromatic N) is 1. The van der Waals surface area contributed by atoms with E-state index < -0.39 is 5.97 Å². The molecule has 2 rings (SSSR count). The number of benzene rings is 1. The molecule has 0 bridgehead atoms. The van der Waals surface area contributed by atoms with Gasteiger partial charge in [-0.15, -0.1) is 0 Å². The van der Waals surface area contributed by atoms with Gasteiger partial charge in [-0.3, -0.25) is 9.59 Å². The normalized spacial score (nSPS) is 12.7. The molecule has 0 atom stereocenters. The van der Waals surface area contributed by atoms with E-state index in [-0.39, 0.29) is 12.5 Å². The van der Waals surface area contributed by atoms with Gasteiger partial charge in [0.25, 0.3) is 5.91 Å². The van der Waals surface area contributed by atoms with Crippen LogP contribution in [0, 0.1) is 0 Å². The molecular weight excluding hydrogens is 250 g/mol. The predicted octanol–water partition coefficient (Wildman–Crippen LogP) is 0.703. The summed E-state index contributed by atoms with van der Waals surface area (Å²) in [4.78, 5) is 24.7. The first-order chi connectivity index (χ1) is 9.13. The first kappa shape index (κ1) is 13.2. The summed E-state index contributed by atoms with van der Waals surface area (Å²) >= 11 is 0. The topological polar surface area (TPSA) is 65.1 Å². The fourth-order valence-corrected chi connectivity index (χ4v) is 1.78. The quantitative estimate of drug-likeness (QED) is 0.753. The fourth-order valence-electron chi connectivity index (χ4n) is 1.78. The summed E-state index contributed by atoms with van der Waals surface area (Å²) in [5, 5.41) is 0. The number of esters is 1. The minimum absolute atomic E-state index is 0.111. The number of methoxy groups -OCH3 is 1. The molecule has 0 unspecified atom stereocenters. The Kier molecular flexibility index (Phi) is 3.89. The summed E-state index contributed by atoms with van der Waals surface area (Å²) in [5.41, 5.74) is 0.378. The number of carbonyl (C=O) groups excluding carboxylic acids is 2. The van der Waals surface area contributed by atoms with Gasteiger partial charge in [-0.25, -0.2) is 0 Å². The van der Waals surface area contributed by atoms with Gasteiger partial charge in [0.05, 0.1) is 12.7 Å². The monoisotopic (exact) mass is 265 g/mol. The fraction of sp³-hybridized carbons (Fsp3) is 0.385. The number of fused-ring (bicyclic) bond motifs is 1. The van der Waals surface area contributed by atoms with Gasteiger partial charge in [0.1, 0.15) is 19.8 Å². The van der Waals surface area contributed by atoms with E-state index in [1.54, 1.807) is 18.2 Å². The smallest absolute Gasteiger partial charge is 0.325 e. The van der Waals surface area contributed by atoms with E-state index >= 15 is 0 Å². The van der Waals surface area contributed by atoms with Crippen molar-refractivity contribution < 1.29 is 23.8 Å². The predicted molar refractivity (Wildman–Crippen MR) is 66.4 cm³/mol. The van der Waals surface area contributed by atoms with Crippen LogP contribution >= 0.6 is 0 Å². The van der Waals surface area contributed by atoms with E-state index in [1.807, 2.05) is 0 Å². The van der Waals surface area contributed by atoms with E-state index in [2.05, 4.69) is 4.74 Å². The van der Waals surface area contributed by atoms with Crippen molar-refractivity contribution in [3.63, 3.8) is 0 Å². The first-order valence-electron chi connectivity index (χ1n) is 5.84. The summed E-state index contributed by atoms with van der Waals surface area (Å²) in [6.07, 6.45) is 0. The molecule has 0 aliphatic carbocycles. The minimum Gasteiger partial charge on any atom is -0.486 e. The van der Waals surface area contributed by atoms with E-state index in [0.717, 1.165) is 0 Å². The molecule has 6 heteroatoms. The second-order valence-electron chi connectivity index (χ2n) is 4.07. The Hall–Kier alpha value is -2.24. The maximum absolute atomic E-state index is 12.3. The zero-order valence-corrected chi connectivity index (χ0v) is 10.8. The molecule has 6 nitrogen and oxygen atoms in total. The molecule has 0 radical (unpaired) electrons. The molecule has 1 aliphatic rings. The van der Waals surface area contributed by atoms with Gasteiger partial charge in [-0.2, -0.15) is 0 Å². The number of amides is 1. The van der Waals surface area contributed by atoms with Crippen LogP contribution in [0.2, 0.25) is 0 Å². The van der Waals surface area contributed by atoms with Crippen molar-refractivity contribution in [2.24, 2.45) is 0 Å². The lowest BCUT2D eigenvalue weighted by atomic mass is 10.1. The van der Waals surface area contributed by atoms with Gasteiger partial charge in [0.2, 0.25) is 0 Å². The molecule has 0 aromatic heterocycles. The largest absolute Gasteiger partial charge is 0.486 e. The number of hydrogen-bond donors (Lipinski definition) is 0. The van der Waals surface area contributed by atoms with Gasteiger partial charge in [-0.05, 0) is 12.1 Å². The average Bonchev–Trinajstić information content (AvgIpc) is 2.45. The second-order valence-corrected chi connectivity index (χ2v) is 4.07. The third-order valence-electron chi connectivity index (χ3n) is 2.74. The number of likely N-dealkylation sites (N-methyl/N-ethyl adjacent to an activating group) is 1. The van der Waals surface area contributed by atoms with Gasteiger partial charge in [0.15, 0.2) is 11.5 Å². The SMILES string of the molecule is COC(=O)CN(C)C(=O)c1cccc2c1OCCO2. The molecule has 0 N–H and O–H groups in total. The Morgan fingerprint density at radius 1 is 1.32 bits per heavy atom. The highest BCUT2D eigenvalue weighted by atomic mass is 16.6. The van der Waals surface area contributed by atoms with Gasteiger partial charge in [0, 0.05) is 7.05 Å². The highest BCUT2D eigenvalue weighted by Crippen LogP contribution is 2.34. The van der Waals surface area contributed by atoms with Crippen LogP contribution < -0.4 is 9.47 Å². The molecule has 0 fully saturated rings. The van der Waals surface area contributed by atoms with Crippen molar-refractivity contribution in [1.82, 2.24) is 4.90 Å². The number of ether oxygens (including phenoxy) is 3. The van der Waals surface area contributed by atoms with Crippen LogP contribution in [0.1, 0.15) is 10.4 Å². The van der Waals surface area contributed by atoms with Crippen LogP contribution in [-0.4, -0.2) is 50.7 Å². The van der Waals surface area contributed by atoms with Crippen molar-refractivity contribution in [2.45, 2.75) is 0 Å². The molecule has 1 heterocycles. The zero-order chi connectivity index (χ0) is 13.8. The standard InChI is InChI=1S/C13H15NO5/c1-14(8-11(15)17-2)13(16)9-4-3-5-10-12(9)19-7-6-18-10/h3-5H,6-8H2,1-2H3. The number of hydrogen-bond acceptors (Lipinski definition) is 5. The van der Waals surface area contributed by atoms with Crippen molar-refractivity contribution in [3.05, 3.63) is 23.8 Å². The summed E-state index contributed by atoms with van der Waals surface area (Å²) in [6.45, 7) is 0.751. The van der Waals surface area contributed by atoms with E-state index in [4.69, 9.17) is 9.47 Å². The molecule has 102 valence electrons. The highest BCUT2D eigenvalue weighted by molar-refractivity contribution is 5.99. The number of para-hydroxylation sites is 1. The van der Waals surface area contributed by atoms with Crippen molar-refractivity contribution >= 4 is 11.9 Å². The lowest BCUT2D eigenvalue weighted by Gasteiger charge is -2.22. The van der Waals surface area contributed by atoms with Crippen LogP contribution in [0.3, 0.4) is 0 Å². The maximum Gasteiger partial charge on any atom is 0.325 e. The molecule has 1 amide bonds. The van der Waals surface area contributed by atoms with Crippen LogP contribution in [-0.2, 0) is 9.53 Å². The van der Waals surface area contributed by atoms with Crippen LogP contribution in [0.5, 0.6) is 11.5 Å². The molecule has 1 aliphatic heterocycles. The summed E-state index contributed by atoms with van der Waals surface area (Å²) < 4.78 is 15.4. The van der Waals surface area contributed by atoms with Gasteiger partial charge in [-0.1, -0.05) is 6.07 Å². The maximum atomic E-state index is 12.3. The summed E-state index contributed by atoms with van der Waals surface area (Å²) in [6, 6.07) is 5.10. The molecule has 19 heavy (non-hydrogen) atoms. The highest BCUT2D eigenvalue weighted by Gasteiger charge is 2.23. The molecule has 0 spiro atoms. The Morgan fingerprint density at radius 2 is 2.05 bits per heavy atom. The number of rotatable bonds is 3. The van der Waals surface area contributed by atoms with Crippen LogP contribution in [0.4, 0.5) is 0 Å². The average molecular weight is 265 g/mol. The summed E-state index contributed by atoms with van der Waals surface area (Å²) in [7, 11) is 2.81. The molecule has 0 saturated carbocycles. The molecule has 0 saturated heterocycles. The zero-order valence-electron chi connectivity index (χ0n) is 10.8. The first-order valence-corrected chi connectivity index (χ1v) is 5.84. The van der Waals surface area contributed by atoms with Crippen LogP contribution in [0.15, 0.2) is 18.2 Å². The van der Waals surface area contributed by atoms with Gasteiger partial charge < -0.3 is 19.1 Å². The van der Waals surface area contributed by atoms with Crippen molar-refractivity contribution in [3.8, 4) is 11.5 Å². The molecule has 1 aromatic carbocycles.